The molecule has 0 radical (unpaired) electrons. The van der Waals surface area contributed by atoms with Crippen molar-refractivity contribution in [3.8, 4) is 22.9 Å². The van der Waals surface area contributed by atoms with E-state index in [1.165, 1.54) is 25.2 Å². The van der Waals surface area contributed by atoms with Gasteiger partial charge in [0.05, 0.1) is 31.8 Å². The van der Waals surface area contributed by atoms with Crippen molar-refractivity contribution in [2.45, 2.75) is 46.1 Å². The fourth-order valence-corrected chi connectivity index (χ4v) is 4.94. The number of hydrogen-bond acceptors (Lipinski definition) is 5. The van der Waals surface area contributed by atoms with Gasteiger partial charge < -0.3 is 19.5 Å². The summed E-state index contributed by atoms with van der Waals surface area (Å²) in [4.78, 5) is 27.2. The van der Waals surface area contributed by atoms with E-state index in [1.54, 1.807) is 18.3 Å². The lowest BCUT2D eigenvalue weighted by atomic mass is 9.78. The van der Waals surface area contributed by atoms with Crippen LogP contribution in [-0.2, 0) is 0 Å². The molecular weight excluding hydrogens is 444 g/mol. The van der Waals surface area contributed by atoms with Crippen LogP contribution in [0.1, 0.15) is 50.4 Å². The average molecular weight is 479 g/mol. The van der Waals surface area contributed by atoms with Gasteiger partial charge >= 0.3 is 0 Å². The lowest BCUT2D eigenvalue weighted by molar-refractivity contribution is 0.0892. The highest BCUT2D eigenvalue weighted by molar-refractivity contribution is 6.07. The molecule has 0 aliphatic heterocycles. The van der Waals surface area contributed by atoms with Crippen molar-refractivity contribution in [3.05, 3.63) is 58.5 Å². The molecule has 3 unspecified atom stereocenters. The molecule has 2 aromatic carbocycles. The number of rotatable bonds is 7. The van der Waals surface area contributed by atoms with Crippen molar-refractivity contribution in [2.75, 3.05) is 20.8 Å². The third kappa shape index (κ3) is 4.85. The number of benzene rings is 2. The molecule has 7 nitrogen and oxygen atoms in total. The van der Waals surface area contributed by atoms with E-state index in [2.05, 4.69) is 19.2 Å². The Hall–Kier alpha value is -3.48. The number of fused-ring (bicyclic) bond motifs is 1. The first-order valence-corrected chi connectivity index (χ1v) is 12.2. The molecule has 0 spiro atoms. The second kappa shape index (κ2) is 10.4. The Labute approximate surface area is 206 Å². The monoisotopic (exact) mass is 478 g/mol. The standard InChI is InChI=1S/C28H34N2O5/c1-6-35-20-12-10-19(11-13-20)30-16-23(27(31)29-24-9-7-8-17(2)18(24)3)21-14-25(33-4)26(34-5)15-22(21)28(30)32/h10-18,24H,6-9H2,1-5H3,(H,29,31). The fourth-order valence-electron chi connectivity index (χ4n) is 4.94. The van der Waals surface area contributed by atoms with Crippen molar-refractivity contribution in [3.63, 3.8) is 0 Å². The average Bonchev–Trinajstić information content (AvgIpc) is 2.87. The molecule has 1 saturated carbocycles. The van der Waals surface area contributed by atoms with Crippen LogP contribution in [-0.4, -0.2) is 37.3 Å². The summed E-state index contributed by atoms with van der Waals surface area (Å²) in [6, 6.07) is 10.7. The molecule has 1 aliphatic carbocycles. The first-order chi connectivity index (χ1) is 16.9. The maximum Gasteiger partial charge on any atom is 0.263 e. The Morgan fingerprint density at radius 1 is 1.03 bits per heavy atom. The van der Waals surface area contributed by atoms with Gasteiger partial charge in [0.1, 0.15) is 5.75 Å². The molecule has 4 rings (SSSR count). The second-order valence-corrected chi connectivity index (χ2v) is 9.24. The molecule has 0 saturated heterocycles. The first kappa shape index (κ1) is 24.6. The Morgan fingerprint density at radius 2 is 1.69 bits per heavy atom. The number of carbonyl (C=O) groups excluding carboxylic acids is 1. The normalized spacial score (nSPS) is 19.9. The Bertz CT molecular complexity index is 1270. The van der Waals surface area contributed by atoms with Crippen LogP contribution in [0.5, 0.6) is 17.2 Å². The van der Waals surface area contributed by atoms with Crippen LogP contribution in [0.15, 0.2) is 47.4 Å². The molecule has 186 valence electrons. The number of nitrogens with one attached hydrogen (secondary N) is 1. The predicted molar refractivity (Wildman–Crippen MR) is 137 cm³/mol. The van der Waals surface area contributed by atoms with Crippen LogP contribution in [0.3, 0.4) is 0 Å². The van der Waals surface area contributed by atoms with E-state index < -0.39 is 0 Å². The summed E-state index contributed by atoms with van der Waals surface area (Å²) in [6.07, 6.45) is 4.84. The number of carbonyl (C=O) groups is 1. The van der Waals surface area contributed by atoms with Gasteiger partial charge in [-0.05, 0) is 61.6 Å². The van der Waals surface area contributed by atoms with Crippen LogP contribution < -0.4 is 25.1 Å². The number of methoxy groups -OCH3 is 2. The molecule has 1 aromatic heterocycles. The van der Waals surface area contributed by atoms with Crippen LogP contribution in [0.4, 0.5) is 0 Å². The van der Waals surface area contributed by atoms with Gasteiger partial charge in [-0.2, -0.15) is 0 Å². The van der Waals surface area contributed by atoms with Gasteiger partial charge in [0.25, 0.3) is 11.5 Å². The van der Waals surface area contributed by atoms with Crippen molar-refractivity contribution in [1.82, 2.24) is 9.88 Å². The SMILES string of the molecule is CCOc1ccc(-n2cc(C(=O)NC3CCCC(C)C3C)c3cc(OC)c(OC)cc3c2=O)cc1. The maximum absolute atomic E-state index is 13.6. The third-order valence-corrected chi connectivity index (χ3v) is 7.22. The minimum atomic E-state index is -0.249. The molecule has 3 aromatic rings. The number of amides is 1. The van der Waals surface area contributed by atoms with Crippen molar-refractivity contribution < 1.29 is 19.0 Å². The highest BCUT2D eigenvalue weighted by Gasteiger charge is 2.29. The summed E-state index contributed by atoms with van der Waals surface area (Å²) in [6.45, 7) is 6.91. The summed E-state index contributed by atoms with van der Waals surface area (Å²) in [5, 5.41) is 4.17. The highest BCUT2D eigenvalue weighted by atomic mass is 16.5. The summed E-state index contributed by atoms with van der Waals surface area (Å²) in [7, 11) is 3.06. The lowest BCUT2D eigenvalue weighted by Gasteiger charge is -2.34. The van der Waals surface area contributed by atoms with Gasteiger partial charge in [0.15, 0.2) is 11.5 Å². The molecule has 3 atom stereocenters. The van der Waals surface area contributed by atoms with E-state index in [4.69, 9.17) is 14.2 Å². The number of aromatic nitrogens is 1. The number of ether oxygens (including phenoxy) is 3. The number of pyridine rings is 1. The van der Waals surface area contributed by atoms with Gasteiger partial charge in [-0.3, -0.25) is 14.2 Å². The third-order valence-electron chi connectivity index (χ3n) is 7.22. The van der Waals surface area contributed by atoms with E-state index >= 15 is 0 Å². The van der Waals surface area contributed by atoms with Crippen molar-refractivity contribution in [1.29, 1.82) is 0 Å². The maximum atomic E-state index is 13.6. The molecule has 1 N–H and O–H groups in total. The molecular formula is C28H34N2O5. The van der Waals surface area contributed by atoms with E-state index in [-0.39, 0.29) is 17.5 Å². The summed E-state index contributed by atoms with van der Waals surface area (Å²) >= 11 is 0. The Kier molecular flexibility index (Phi) is 7.34. The van der Waals surface area contributed by atoms with Crippen LogP contribution >= 0.6 is 0 Å². The van der Waals surface area contributed by atoms with Gasteiger partial charge in [-0.25, -0.2) is 0 Å². The molecule has 1 fully saturated rings. The zero-order chi connectivity index (χ0) is 25.1. The molecule has 1 heterocycles. The minimum absolute atomic E-state index is 0.0901. The molecule has 1 aliphatic rings. The molecule has 35 heavy (non-hydrogen) atoms. The quantitative estimate of drug-likeness (QED) is 0.519. The van der Waals surface area contributed by atoms with Gasteiger partial charge in [0, 0.05) is 23.3 Å². The fraction of sp³-hybridized carbons (Fsp3) is 0.429. The first-order valence-electron chi connectivity index (χ1n) is 12.2. The lowest BCUT2D eigenvalue weighted by Crippen LogP contribution is -2.44. The van der Waals surface area contributed by atoms with Crippen LogP contribution in [0, 0.1) is 11.8 Å². The minimum Gasteiger partial charge on any atom is -0.494 e. The zero-order valence-electron chi connectivity index (χ0n) is 21.1. The number of nitrogens with zero attached hydrogens (tertiary/aromatic N) is 1. The van der Waals surface area contributed by atoms with E-state index in [1.807, 2.05) is 31.2 Å². The summed E-state index contributed by atoms with van der Waals surface area (Å²) < 4.78 is 18.0. The van der Waals surface area contributed by atoms with Gasteiger partial charge in [0.2, 0.25) is 0 Å². The van der Waals surface area contributed by atoms with Gasteiger partial charge in [-0.15, -0.1) is 0 Å². The van der Waals surface area contributed by atoms with Crippen molar-refractivity contribution >= 4 is 16.7 Å². The van der Waals surface area contributed by atoms with E-state index in [0.717, 1.165) is 18.6 Å². The zero-order valence-corrected chi connectivity index (χ0v) is 21.1. The highest BCUT2D eigenvalue weighted by Crippen LogP contribution is 2.34. The Balaban J connectivity index is 1.86. The van der Waals surface area contributed by atoms with Gasteiger partial charge in [-0.1, -0.05) is 26.7 Å². The van der Waals surface area contributed by atoms with Crippen LogP contribution in [0.2, 0.25) is 0 Å². The van der Waals surface area contributed by atoms with Crippen molar-refractivity contribution in [2.24, 2.45) is 11.8 Å². The van der Waals surface area contributed by atoms with E-state index in [9.17, 15) is 9.59 Å². The topological polar surface area (TPSA) is 78.8 Å². The number of hydrogen-bond donors (Lipinski definition) is 1. The molecule has 7 heteroatoms. The molecule has 0 bridgehead atoms. The summed E-state index contributed by atoms with van der Waals surface area (Å²) in [5.41, 5.74) is 0.810. The second-order valence-electron chi connectivity index (χ2n) is 9.24. The predicted octanol–water partition coefficient (Wildman–Crippen LogP) is 4.96. The summed E-state index contributed by atoms with van der Waals surface area (Å²) in [5.74, 6) is 2.34. The Morgan fingerprint density at radius 3 is 2.31 bits per heavy atom. The smallest absolute Gasteiger partial charge is 0.263 e. The van der Waals surface area contributed by atoms with Crippen LogP contribution in [0.25, 0.3) is 16.5 Å². The molecule has 1 amide bonds. The van der Waals surface area contributed by atoms with E-state index in [0.29, 0.717) is 52.0 Å². The largest absolute Gasteiger partial charge is 0.494 e.